The highest BCUT2D eigenvalue weighted by Crippen LogP contribution is 2.21. The van der Waals surface area contributed by atoms with Crippen LogP contribution in [0.2, 0.25) is 0 Å². The topological polar surface area (TPSA) is 17.8 Å². The molecule has 21 heavy (non-hydrogen) atoms. The summed E-state index contributed by atoms with van der Waals surface area (Å²) in [6, 6.07) is 17.2. The summed E-state index contributed by atoms with van der Waals surface area (Å²) in [5.74, 6) is -0.207. The van der Waals surface area contributed by atoms with Gasteiger partial charge in [-0.05, 0) is 24.5 Å². The maximum atomic E-state index is 13.7. The first-order chi connectivity index (χ1) is 10.3. The van der Waals surface area contributed by atoms with Crippen LogP contribution in [0.1, 0.15) is 12.0 Å². The SMILES string of the molecule is Fc1ccccc1-c1cnn(CCCc2ccccc2)c1. The van der Waals surface area contributed by atoms with Crippen molar-refractivity contribution in [2.45, 2.75) is 19.4 Å². The van der Waals surface area contributed by atoms with E-state index < -0.39 is 0 Å². The molecule has 0 radical (unpaired) electrons. The molecule has 0 unspecified atom stereocenters. The lowest BCUT2D eigenvalue weighted by Crippen LogP contribution is -1.99. The average Bonchev–Trinajstić information content (AvgIpc) is 2.97. The molecule has 0 saturated heterocycles. The summed E-state index contributed by atoms with van der Waals surface area (Å²) in [6.07, 6.45) is 5.67. The summed E-state index contributed by atoms with van der Waals surface area (Å²) in [7, 11) is 0. The molecule has 0 fully saturated rings. The molecule has 0 aliphatic carbocycles. The number of aryl methyl sites for hydroxylation is 2. The summed E-state index contributed by atoms with van der Waals surface area (Å²) >= 11 is 0. The standard InChI is InChI=1S/C18H17FN2/c19-18-11-5-4-10-17(18)16-13-20-21(14-16)12-6-9-15-7-2-1-3-8-15/h1-5,7-8,10-11,13-14H,6,9,12H2. The Hall–Kier alpha value is -2.42. The molecule has 3 heteroatoms. The lowest BCUT2D eigenvalue weighted by atomic mass is 10.1. The third-order valence-corrected chi connectivity index (χ3v) is 3.51. The van der Waals surface area contributed by atoms with Gasteiger partial charge in [-0.25, -0.2) is 4.39 Å². The van der Waals surface area contributed by atoms with Gasteiger partial charge in [0.1, 0.15) is 5.82 Å². The Morgan fingerprint density at radius 1 is 0.952 bits per heavy atom. The van der Waals surface area contributed by atoms with Crippen molar-refractivity contribution in [1.82, 2.24) is 9.78 Å². The number of hydrogen-bond acceptors (Lipinski definition) is 1. The maximum absolute atomic E-state index is 13.7. The second-order valence-corrected chi connectivity index (χ2v) is 5.06. The highest BCUT2D eigenvalue weighted by molar-refractivity contribution is 5.62. The van der Waals surface area contributed by atoms with Gasteiger partial charge in [0.25, 0.3) is 0 Å². The third kappa shape index (κ3) is 3.37. The maximum Gasteiger partial charge on any atom is 0.131 e. The first-order valence-electron chi connectivity index (χ1n) is 7.14. The highest BCUT2D eigenvalue weighted by Gasteiger charge is 2.06. The minimum Gasteiger partial charge on any atom is -0.272 e. The van der Waals surface area contributed by atoms with Crippen LogP contribution in [0, 0.1) is 5.82 Å². The zero-order chi connectivity index (χ0) is 14.5. The van der Waals surface area contributed by atoms with Crippen LogP contribution in [-0.4, -0.2) is 9.78 Å². The second-order valence-electron chi connectivity index (χ2n) is 5.06. The van der Waals surface area contributed by atoms with Gasteiger partial charge in [-0.3, -0.25) is 4.68 Å². The van der Waals surface area contributed by atoms with Crippen molar-refractivity contribution in [3.8, 4) is 11.1 Å². The predicted octanol–water partition coefficient (Wildman–Crippen LogP) is 4.32. The second kappa shape index (κ2) is 6.35. The van der Waals surface area contributed by atoms with Crippen LogP contribution in [0.25, 0.3) is 11.1 Å². The minimum atomic E-state index is -0.207. The van der Waals surface area contributed by atoms with Crippen molar-refractivity contribution >= 4 is 0 Å². The van der Waals surface area contributed by atoms with E-state index in [-0.39, 0.29) is 5.82 Å². The third-order valence-electron chi connectivity index (χ3n) is 3.51. The van der Waals surface area contributed by atoms with Gasteiger partial charge < -0.3 is 0 Å². The van der Waals surface area contributed by atoms with E-state index in [2.05, 4.69) is 29.4 Å². The van der Waals surface area contributed by atoms with Crippen LogP contribution in [0.3, 0.4) is 0 Å². The van der Waals surface area contributed by atoms with E-state index in [1.165, 1.54) is 11.6 Å². The predicted molar refractivity (Wildman–Crippen MR) is 82.4 cm³/mol. The van der Waals surface area contributed by atoms with Crippen LogP contribution in [0.5, 0.6) is 0 Å². The molecule has 1 aromatic heterocycles. The van der Waals surface area contributed by atoms with E-state index in [0.29, 0.717) is 5.56 Å². The van der Waals surface area contributed by atoms with Crippen LogP contribution < -0.4 is 0 Å². The van der Waals surface area contributed by atoms with E-state index in [1.807, 2.05) is 23.0 Å². The average molecular weight is 280 g/mol. The molecule has 3 aromatic rings. The number of benzene rings is 2. The Labute approximate surface area is 123 Å². The minimum absolute atomic E-state index is 0.207. The van der Waals surface area contributed by atoms with E-state index in [4.69, 9.17) is 0 Å². The summed E-state index contributed by atoms with van der Waals surface area (Å²) in [5, 5.41) is 4.31. The molecule has 0 saturated carbocycles. The number of rotatable bonds is 5. The molecule has 2 nitrogen and oxygen atoms in total. The molecule has 0 atom stereocenters. The summed E-state index contributed by atoms with van der Waals surface area (Å²) in [6.45, 7) is 0.837. The van der Waals surface area contributed by atoms with E-state index in [1.54, 1.807) is 18.3 Å². The molecule has 0 spiro atoms. The largest absolute Gasteiger partial charge is 0.272 e. The van der Waals surface area contributed by atoms with Gasteiger partial charge in [0.05, 0.1) is 6.20 Å². The summed E-state index contributed by atoms with van der Waals surface area (Å²) < 4.78 is 15.6. The Bertz CT molecular complexity index is 704. The molecule has 0 amide bonds. The van der Waals surface area contributed by atoms with Gasteiger partial charge in [0.15, 0.2) is 0 Å². The van der Waals surface area contributed by atoms with Crippen LogP contribution in [0.4, 0.5) is 4.39 Å². The van der Waals surface area contributed by atoms with Crippen LogP contribution in [-0.2, 0) is 13.0 Å². The number of aromatic nitrogens is 2. The Balaban J connectivity index is 1.62. The van der Waals surface area contributed by atoms with Gasteiger partial charge in [-0.1, -0.05) is 48.5 Å². The first-order valence-corrected chi connectivity index (χ1v) is 7.14. The Kier molecular flexibility index (Phi) is 4.10. The van der Waals surface area contributed by atoms with Crippen molar-refractivity contribution in [3.63, 3.8) is 0 Å². The molecule has 0 bridgehead atoms. The van der Waals surface area contributed by atoms with Crippen LogP contribution >= 0.6 is 0 Å². The molecule has 1 heterocycles. The van der Waals surface area contributed by atoms with E-state index in [0.717, 1.165) is 24.9 Å². The van der Waals surface area contributed by atoms with E-state index >= 15 is 0 Å². The molecule has 0 aliphatic rings. The molecular formula is C18H17FN2. The van der Waals surface area contributed by atoms with Gasteiger partial charge >= 0.3 is 0 Å². The Morgan fingerprint density at radius 2 is 1.71 bits per heavy atom. The zero-order valence-corrected chi connectivity index (χ0v) is 11.7. The molecule has 0 aliphatic heterocycles. The van der Waals surface area contributed by atoms with Gasteiger partial charge in [-0.15, -0.1) is 0 Å². The Morgan fingerprint density at radius 3 is 2.52 bits per heavy atom. The number of nitrogens with zero attached hydrogens (tertiary/aromatic N) is 2. The van der Waals surface area contributed by atoms with Gasteiger partial charge in [0, 0.05) is 23.9 Å². The smallest absolute Gasteiger partial charge is 0.131 e. The van der Waals surface area contributed by atoms with Gasteiger partial charge in [-0.2, -0.15) is 5.10 Å². The first kappa shape index (κ1) is 13.6. The van der Waals surface area contributed by atoms with Crippen molar-refractivity contribution in [2.75, 3.05) is 0 Å². The van der Waals surface area contributed by atoms with E-state index in [9.17, 15) is 4.39 Å². The molecule has 3 rings (SSSR count). The quantitative estimate of drug-likeness (QED) is 0.680. The lowest BCUT2D eigenvalue weighted by molar-refractivity contribution is 0.579. The fraction of sp³-hybridized carbons (Fsp3) is 0.167. The fourth-order valence-electron chi connectivity index (χ4n) is 2.41. The summed E-state index contributed by atoms with van der Waals surface area (Å²) in [5.41, 5.74) is 2.76. The molecule has 106 valence electrons. The van der Waals surface area contributed by atoms with Crippen molar-refractivity contribution < 1.29 is 4.39 Å². The fourth-order valence-corrected chi connectivity index (χ4v) is 2.41. The van der Waals surface area contributed by atoms with Crippen molar-refractivity contribution in [2.24, 2.45) is 0 Å². The molecular weight excluding hydrogens is 263 g/mol. The van der Waals surface area contributed by atoms with Crippen molar-refractivity contribution in [1.29, 1.82) is 0 Å². The molecule has 2 aromatic carbocycles. The highest BCUT2D eigenvalue weighted by atomic mass is 19.1. The number of halogens is 1. The molecule has 0 N–H and O–H groups in total. The zero-order valence-electron chi connectivity index (χ0n) is 11.7. The normalized spacial score (nSPS) is 10.7. The lowest BCUT2D eigenvalue weighted by Gasteiger charge is -2.02. The van der Waals surface area contributed by atoms with Gasteiger partial charge in [0.2, 0.25) is 0 Å². The number of hydrogen-bond donors (Lipinski definition) is 0. The summed E-state index contributed by atoms with van der Waals surface area (Å²) in [4.78, 5) is 0. The monoisotopic (exact) mass is 280 g/mol. The van der Waals surface area contributed by atoms with Crippen molar-refractivity contribution in [3.05, 3.63) is 78.4 Å². The van der Waals surface area contributed by atoms with Crippen LogP contribution in [0.15, 0.2) is 67.0 Å².